The van der Waals surface area contributed by atoms with Crippen LogP contribution >= 0.6 is 0 Å². The van der Waals surface area contributed by atoms with Gasteiger partial charge in [0.2, 0.25) is 0 Å². The fourth-order valence-corrected chi connectivity index (χ4v) is 3.32. The zero-order valence-electron chi connectivity index (χ0n) is 13.3. The van der Waals surface area contributed by atoms with E-state index in [1.54, 1.807) is 0 Å². The maximum atomic E-state index is 3.64. The van der Waals surface area contributed by atoms with Crippen molar-refractivity contribution in [1.29, 1.82) is 0 Å². The SMILES string of the molecule is Cc1cc(C)c(N2CC(C)NCC(C)(C)C2)c(C)c1. The van der Waals surface area contributed by atoms with Gasteiger partial charge in [-0.25, -0.2) is 0 Å². The maximum Gasteiger partial charge on any atom is 0.0426 e. The van der Waals surface area contributed by atoms with E-state index >= 15 is 0 Å². The number of hydrogen-bond acceptors (Lipinski definition) is 2. The zero-order valence-corrected chi connectivity index (χ0v) is 13.3. The molecule has 19 heavy (non-hydrogen) atoms. The van der Waals surface area contributed by atoms with E-state index in [2.05, 4.69) is 63.9 Å². The minimum Gasteiger partial charge on any atom is -0.369 e. The summed E-state index contributed by atoms with van der Waals surface area (Å²) in [4.78, 5) is 2.58. The van der Waals surface area contributed by atoms with Gasteiger partial charge < -0.3 is 10.2 Å². The average molecular weight is 260 g/mol. The van der Waals surface area contributed by atoms with Gasteiger partial charge in [0.15, 0.2) is 0 Å². The van der Waals surface area contributed by atoms with Gasteiger partial charge in [-0.15, -0.1) is 0 Å². The minimum atomic E-state index is 0.314. The molecule has 2 nitrogen and oxygen atoms in total. The number of benzene rings is 1. The summed E-state index contributed by atoms with van der Waals surface area (Å²) in [5.74, 6) is 0. The lowest BCUT2D eigenvalue weighted by Gasteiger charge is -2.33. The molecule has 1 fully saturated rings. The van der Waals surface area contributed by atoms with Crippen LogP contribution < -0.4 is 10.2 Å². The first-order valence-corrected chi connectivity index (χ1v) is 7.35. The third-order valence-corrected chi connectivity index (χ3v) is 3.99. The number of rotatable bonds is 1. The largest absolute Gasteiger partial charge is 0.369 e. The minimum absolute atomic E-state index is 0.314. The van der Waals surface area contributed by atoms with Crippen LogP contribution in [0.1, 0.15) is 37.5 Å². The lowest BCUT2D eigenvalue weighted by atomic mass is 9.92. The van der Waals surface area contributed by atoms with Crippen molar-refractivity contribution in [2.24, 2.45) is 5.41 Å². The van der Waals surface area contributed by atoms with E-state index in [4.69, 9.17) is 0 Å². The lowest BCUT2D eigenvalue weighted by molar-refractivity contribution is 0.362. The van der Waals surface area contributed by atoms with Crippen molar-refractivity contribution in [2.75, 3.05) is 24.5 Å². The van der Waals surface area contributed by atoms with Gasteiger partial charge in [0.05, 0.1) is 0 Å². The predicted molar refractivity (Wildman–Crippen MR) is 84.1 cm³/mol. The molecule has 1 aromatic carbocycles. The normalized spacial score (nSPS) is 23.3. The molecule has 1 N–H and O–H groups in total. The summed E-state index contributed by atoms with van der Waals surface area (Å²) < 4.78 is 0. The molecule has 1 aliphatic rings. The number of nitrogens with one attached hydrogen (secondary N) is 1. The molecule has 0 radical (unpaired) electrons. The second-order valence-electron chi connectivity index (χ2n) is 7.07. The van der Waals surface area contributed by atoms with Crippen molar-refractivity contribution in [1.82, 2.24) is 5.32 Å². The van der Waals surface area contributed by atoms with Gasteiger partial charge >= 0.3 is 0 Å². The van der Waals surface area contributed by atoms with Crippen molar-refractivity contribution in [2.45, 2.75) is 47.6 Å². The number of hydrogen-bond donors (Lipinski definition) is 1. The highest BCUT2D eigenvalue weighted by Crippen LogP contribution is 2.30. The molecule has 2 heteroatoms. The fourth-order valence-electron chi connectivity index (χ4n) is 3.32. The van der Waals surface area contributed by atoms with Crippen LogP contribution in [0.4, 0.5) is 5.69 Å². The quantitative estimate of drug-likeness (QED) is 0.832. The highest BCUT2D eigenvalue weighted by Gasteiger charge is 2.28. The molecule has 1 aliphatic heterocycles. The van der Waals surface area contributed by atoms with Crippen molar-refractivity contribution in [3.63, 3.8) is 0 Å². The summed E-state index contributed by atoms with van der Waals surface area (Å²) in [6.45, 7) is 17.0. The lowest BCUT2D eigenvalue weighted by Crippen LogP contribution is -2.36. The van der Waals surface area contributed by atoms with E-state index in [-0.39, 0.29) is 0 Å². The van der Waals surface area contributed by atoms with Gasteiger partial charge in [-0.3, -0.25) is 0 Å². The first-order chi connectivity index (χ1) is 8.78. The molecule has 1 unspecified atom stereocenters. The van der Waals surface area contributed by atoms with Crippen LogP contribution in [0.25, 0.3) is 0 Å². The Morgan fingerprint density at radius 3 is 2.32 bits per heavy atom. The summed E-state index contributed by atoms with van der Waals surface area (Å²) in [6.07, 6.45) is 0. The molecule has 1 atom stereocenters. The Labute approximate surface area is 118 Å². The standard InChI is InChI=1S/C17H28N2/c1-12-7-13(2)16(14(3)8-12)19-9-15(4)18-10-17(5,6)11-19/h7-8,15,18H,9-11H2,1-6H3. The second-order valence-corrected chi connectivity index (χ2v) is 7.07. The summed E-state index contributed by atoms with van der Waals surface area (Å²) in [7, 11) is 0. The number of nitrogens with zero attached hydrogens (tertiary/aromatic N) is 1. The van der Waals surface area contributed by atoms with Gasteiger partial charge in [-0.1, -0.05) is 31.5 Å². The van der Waals surface area contributed by atoms with Crippen LogP contribution in [-0.4, -0.2) is 25.7 Å². The monoisotopic (exact) mass is 260 g/mol. The maximum absolute atomic E-state index is 3.64. The molecule has 1 heterocycles. The highest BCUT2D eigenvalue weighted by molar-refractivity contribution is 5.60. The van der Waals surface area contributed by atoms with Gasteiger partial charge in [0.1, 0.15) is 0 Å². The predicted octanol–water partition coefficient (Wildman–Crippen LogP) is 3.44. The molecular formula is C17H28N2. The molecule has 1 saturated heterocycles. The van der Waals surface area contributed by atoms with Crippen molar-refractivity contribution in [3.8, 4) is 0 Å². The molecular weight excluding hydrogens is 232 g/mol. The fraction of sp³-hybridized carbons (Fsp3) is 0.647. The Bertz CT molecular complexity index is 439. The summed E-state index contributed by atoms with van der Waals surface area (Å²) in [5.41, 5.74) is 5.92. The Morgan fingerprint density at radius 2 is 1.74 bits per heavy atom. The van der Waals surface area contributed by atoms with Crippen LogP contribution in [0.2, 0.25) is 0 Å². The summed E-state index contributed by atoms with van der Waals surface area (Å²) in [5, 5.41) is 3.64. The summed E-state index contributed by atoms with van der Waals surface area (Å²) >= 11 is 0. The van der Waals surface area contributed by atoms with Gasteiger partial charge in [-0.05, 0) is 44.2 Å². The molecule has 0 spiro atoms. The first kappa shape index (κ1) is 14.4. The second kappa shape index (κ2) is 5.16. The molecule has 0 amide bonds. The average Bonchev–Trinajstić information content (AvgIpc) is 2.36. The van der Waals surface area contributed by atoms with Crippen LogP contribution in [0.5, 0.6) is 0 Å². The summed E-state index contributed by atoms with van der Waals surface area (Å²) in [6, 6.07) is 5.15. The zero-order chi connectivity index (χ0) is 14.2. The van der Waals surface area contributed by atoms with Crippen molar-refractivity contribution in [3.05, 3.63) is 28.8 Å². The molecule has 2 rings (SSSR count). The molecule has 0 saturated carbocycles. The molecule has 0 aromatic heterocycles. The van der Waals surface area contributed by atoms with Gasteiger partial charge in [0.25, 0.3) is 0 Å². The highest BCUT2D eigenvalue weighted by atomic mass is 15.2. The van der Waals surface area contributed by atoms with Crippen LogP contribution in [0.15, 0.2) is 12.1 Å². The molecule has 1 aromatic rings. The Hall–Kier alpha value is -1.02. The van der Waals surface area contributed by atoms with E-state index in [0.29, 0.717) is 11.5 Å². The van der Waals surface area contributed by atoms with Crippen molar-refractivity contribution < 1.29 is 0 Å². The van der Waals surface area contributed by atoms with Gasteiger partial charge in [-0.2, -0.15) is 0 Å². The topological polar surface area (TPSA) is 15.3 Å². The van der Waals surface area contributed by atoms with Crippen LogP contribution in [0.3, 0.4) is 0 Å². The molecule has 106 valence electrons. The smallest absolute Gasteiger partial charge is 0.0426 e. The van der Waals surface area contributed by atoms with E-state index < -0.39 is 0 Å². The molecule has 0 aliphatic carbocycles. The van der Waals surface area contributed by atoms with E-state index in [1.165, 1.54) is 22.4 Å². The third-order valence-electron chi connectivity index (χ3n) is 3.99. The van der Waals surface area contributed by atoms with E-state index in [1.807, 2.05) is 0 Å². The Balaban J connectivity index is 2.39. The number of aryl methyl sites for hydroxylation is 3. The Kier molecular flexibility index (Phi) is 3.91. The number of anilines is 1. The molecule has 0 bridgehead atoms. The van der Waals surface area contributed by atoms with Crippen molar-refractivity contribution >= 4 is 5.69 Å². The van der Waals surface area contributed by atoms with Gasteiger partial charge in [0, 0.05) is 31.4 Å². The third kappa shape index (κ3) is 3.30. The van der Waals surface area contributed by atoms with Crippen LogP contribution in [-0.2, 0) is 0 Å². The van der Waals surface area contributed by atoms with Crippen LogP contribution in [0, 0.1) is 26.2 Å². The van der Waals surface area contributed by atoms with E-state index in [9.17, 15) is 0 Å². The van der Waals surface area contributed by atoms with E-state index in [0.717, 1.165) is 19.6 Å². The Morgan fingerprint density at radius 1 is 1.16 bits per heavy atom. The first-order valence-electron chi connectivity index (χ1n) is 7.35.